The van der Waals surface area contributed by atoms with Crippen LogP contribution in [0, 0.1) is 0 Å². The third-order valence-electron chi connectivity index (χ3n) is 2.92. The normalized spacial score (nSPS) is 19.8. The lowest BCUT2D eigenvalue weighted by molar-refractivity contribution is -0.129. The summed E-state index contributed by atoms with van der Waals surface area (Å²) in [5.41, 5.74) is 5.24. The molecule has 1 aromatic rings. The minimum atomic E-state index is -0.851. The number of carbonyl (C=O) groups excluding carboxylic acids is 3. The van der Waals surface area contributed by atoms with E-state index in [9.17, 15) is 14.4 Å². The maximum atomic E-state index is 11.9. The molecule has 3 amide bonds. The van der Waals surface area contributed by atoms with Crippen molar-refractivity contribution in [1.29, 1.82) is 0 Å². The van der Waals surface area contributed by atoms with E-state index in [-0.39, 0.29) is 12.3 Å². The van der Waals surface area contributed by atoms with Gasteiger partial charge in [0.1, 0.15) is 17.9 Å². The Morgan fingerprint density at radius 3 is 2.89 bits per heavy atom. The SMILES string of the molecule is NC(=O)[C@H](Cc1ncc[nH]1)NC(=O)[C@@H]1CCC(=O)N1. The maximum Gasteiger partial charge on any atom is 0.243 e. The third-order valence-corrected chi connectivity index (χ3v) is 2.92. The molecule has 0 spiro atoms. The average molecular weight is 265 g/mol. The van der Waals surface area contributed by atoms with Crippen LogP contribution in [0.25, 0.3) is 0 Å². The fourth-order valence-electron chi connectivity index (χ4n) is 1.91. The monoisotopic (exact) mass is 265 g/mol. The van der Waals surface area contributed by atoms with Crippen molar-refractivity contribution in [3.8, 4) is 0 Å². The minimum Gasteiger partial charge on any atom is -0.368 e. The van der Waals surface area contributed by atoms with Gasteiger partial charge in [0.2, 0.25) is 17.7 Å². The molecule has 1 fully saturated rings. The highest BCUT2D eigenvalue weighted by Crippen LogP contribution is 2.07. The molecule has 2 heterocycles. The number of carbonyl (C=O) groups is 3. The van der Waals surface area contributed by atoms with Gasteiger partial charge in [-0.25, -0.2) is 4.98 Å². The Hall–Kier alpha value is -2.38. The lowest BCUT2D eigenvalue weighted by Crippen LogP contribution is -2.51. The molecule has 0 bridgehead atoms. The number of hydrogen-bond acceptors (Lipinski definition) is 4. The van der Waals surface area contributed by atoms with Gasteiger partial charge in [-0.3, -0.25) is 14.4 Å². The Kier molecular flexibility index (Phi) is 3.79. The van der Waals surface area contributed by atoms with E-state index in [2.05, 4.69) is 20.6 Å². The van der Waals surface area contributed by atoms with Crippen LogP contribution in [-0.4, -0.2) is 39.8 Å². The van der Waals surface area contributed by atoms with Crippen LogP contribution in [0.1, 0.15) is 18.7 Å². The maximum absolute atomic E-state index is 11.9. The van der Waals surface area contributed by atoms with E-state index in [1.54, 1.807) is 12.4 Å². The van der Waals surface area contributed by atoms with Gasteiger partial charge in [0.05, 0.1) is 0 Å². The summed E-state index contributed by atoms with van der Waals surface area (Å²) < 4.78 is 0. The first-order chi connectivity index (χ1) is 9.06. The van der Waals surface area contributed by atoms with Crippen LogP contribution in [0.15, 0.2) is 12.4 Å². The summed E-state index contributed by atoms with van der Waals surface area (Å²) in [6, 6.07) is -1.44. The van der Waals surface area contributed by atoms with Crippen molar-refractivity contribution in [2.45, 2.75) is 31.3 Å². The van der Waals surface area contributed by atoms with Gasteiger partial charge in [0.25, 0.3) is 0 Å². The molecule has 102 valence electrons. The molecule has 8 heteroatoms. The number of primary amides is 1. The smallest absolute Gasteiger partial charge is 0.243 e. The van der Waals surface area contributed by atoms with E-state index in [1.165, 1.54) is 0 Å². The molecule has 5 N–H and O–H groups in total. The summed E-state index contributed by atoms with van der Waals surface area (Å²) in [5.74, 6) is -0.656. The molecule has 0 saturated carbocycles. The van der Waals surface area contributed by atoms with Crippen LogP contribution in [0.5, 0.6) is 0 Å². The van der Waals surface area contributed by atoms with E-state index >= 15 is 0 Å². The molecule has 1 saturated heterocycles. The lowest BCUT2D eigenvalue weighted by Gasteiger charge is -2.17. The zero-order chi connectivity index (χ0) is 13.8. The zero-order valence-corrected chi connectivity index (χ0v) is 10.2. The Labute approximate surface area is 109 Å². The zero-order valence-electron chi connectivity index (χ0n) is 10.2. The van der Waals surface area contributed by atoms with Gasteiger partial charge in [-0.05, 0) is 6.42 Å². The summed E-state index contributed by atoms with van der Waals surface area (Å²) >= 11 is 0. The second kappa shape index (κ2) is 5.51. The van der Waals surface area contributed by atoms with Gasteiger partial charge in [0, 0.05) is 25.2 Å². The molecule has 19 heavy (non-hydrogen) atoms. The first kappa shape index (κ1) is 13.1. The summed E-state index contributed by atoms with van der Waals surface area (Å²) in [6.07, 6.45) is 4.10. The van der Waals surface area contributed by atoms with Gasteiger partial charge in [-0.2, -0.15) is 0 Å². The van der Waals surface area contributed by atoms with Gasteiger partial charge < -0.3 is 21.4 Å². The number of nitrogens with two attached hydrogens (primary N) is 1. The van der Waals surface area contributed by atoms with Crippen molar-refractivity contribution in [2.24, 2.45) is 5.73 Å². The molecule has 2 rings (SSSR count). The fourth-order valence-corrected chi connectivity index (χ4v) is 1.91. The first-order valence-electron chi connectivity index (χ1n) is 5.93. The van der Waals surface area contributed by atoms with E-state index < -0.39 is 23.9 Å². The van der Waals surface area contributed by atoms with Crippen LogP contribution in [0.2, 0.25) is 0 Å². The molecule has 1 aliphatic heterocycles. The van der Waals surface area contributed by atoms with Crippen molar-refractivity contribution >= 4 is 17.7 Å². The second-order valence-corrected chi connectivity index (χ2v) is 4.36. The first-order valence-corrected chi connectivity index (χ1v) is 5.93. The number of hydrogen-bond donors (Lipinski definition) is 4. The molecule has 0 aromatic carbocycles. The van der Waals surface area contributed by atoms with Crippen LogP contribution in [0.4, 0.5) is 0 Å². The number of aromatic nitrogens is 2. The number of H-pyrrole nitrogens is 1. The highest BCUT2D eigenvalue weighted by Gasteiger charge is 2.30. The largest absolute Gasteiger partial charge is 0.368 e. The van der Waals surface area contributed by atoms with Crippen molar-refractivity contribution in [1.82, 2.24) is 20.6 Å². The summed E-state index contributed by atoms with van der Waals surface area (Å²) in [4.78, 5) is 41.0. The molecule has 0 unspecified atom stereocenters. The van der Waals surface area contributed by atoms with Crippen molar-refractivity contribution in [3.63, 3.8) is 0 Å². The predicted molar refractivity (Wildman–Crippen MR) is 64.6 cm³/mol. The van der Waals surface area contributed by atoms with Crippen LogP contribution < -0.4 is 16.4 Å². The quantitative estimate of drug-likeness (QED) is 0.500. The van der Waals surface area contributed by atoms with Crippen molar-refractivity contribution in [2.75, 3.05) is 0 Å². The van der Waals surface area contributed by atoms with Gasteiger partial charge in [-0.15, -0.1) is 0 Å². The molecule has 8 nitrogen and oxygen atoms in total. The molecule has 2 atom stereocenters. The summed E-state index contributed by atoms with van der Waals surface area (Å²) in [7, 11) is 0. The second-order valence-electron chi connectivity index (χ2n) is 4.36. The number of nitrogens with zero attached hydrogens (tertiary/aromatic N) is 1. The average Bonchev–Trinajstić information content (AvgIpc) is 2.99. The van der Waals surface area contributed by atoms with Crippen molar-refractivity contribution < 1.29 is 14.4 Å². The number of imidazole rings is 1. The Morgan fingerprint density at radius 2 is 2.37 bits per heavy atom. The molecular weight excluding hydrogens is 250 g/mol. The van der Waals surface area contributed by atoms with E-state index in [0.717, 1.165) is 0 Å². The molecule has 1 aromatic heterocycles. The number of amides is 3. The molecular formula is C11H15N5O3. The highest BCUT2D eigenvalue weighted by atomic mass is 16.2. The minimum absolute atomic E-state index is 0.165. The summed E-state index contributed by atoms with van der Waals surface area (Å²) in [5, 5.41) is 5.06. The van der Waals surface area contributed by atoms with Crippen LogP contribution in [-0.2, 0) is 20.8 Å². The van der Waals surface area contributed by atoms with Gasteiger partial charge in [-0.1, -0.05) is 0 Å². The lowest BCUT2D eigenvalue weighted by atomic mass is 10.1. The molecule has 0 radical (unpaired) electrons. The Bertz CT molecular complexity index is 485. The van der Waals surface area contributed by atoms with E-state index in [1.807, 2.05) is 0 Å². The molecule has 1 aliphatic rings. The molecule has 0 aliphatic carbocycles. The van der Waals surface area contributed by atoms with Crippen LogP contribution in [0.3, 0.4) is 0 Å². The summed E-state index contributed by atoms with van der Waals surface area (Å²) in [6.45, 7) is 0. The topological polar surface area (TPSA) is 130 Å². The number of rotatable bonds is 5. The van der Waals surface area contributed by atoms with Crippen molar-refractivity contribution in [3.05, 3.63) is 18.2 Å². The van der Waals surface area contributed by atoms with Gasteiger partial charge in [0.15, 0.2) is 0 Å². The highest BCUT2D eigenvalue weighted by molar-refractivity contribution is 5.93. The fraction of sp³-hybridized carbons (Fsp3) is 0.455. The Morgan fingerprint density at radius 1 is 1.58 bits per heavy atom. The van der Waals surface area contributed by atoms with Crippen LogP contribution >= 0.6 is 0 Å². The van der Waals surface area contributed by atoms with E-state index in [0.29, 0.717) is 18.7 Å². The standard InChI is InChI=1S/C11H15N5O3/c12-10(18)7(5-8-13-3-4-14-8)16-11(19)6-1-2-9(17)15-6/h3-4,6-7H,1-2,5H2,(H2,12,18)(H,13,14)(H,15,17)(H,16,19)/t6-,7-/m0/s1. The number of nitrogens with one attached hydrogen (secondary N) is 3. The third kappa shape index (κ3) is 3.30. The predicted octanol–water partition coefficient (Wildman–Crippen LogP) is -1.80. The Balaban J connectivity index is 1.95. The number of aromatic amines is 1. The van der Waals surface area contributed by atoms with Gasteiger partial charge >= 0.3 is 0 Å². The van der Waals surface area contributed by atoms with E-state index in [4.69, 9.17) is 5.73 Å².